The summed E-state index contributed by atoms with van der Waals surface area (Å²) in [5.74, 6) is 0.530. The first-order valence-electron chi connectivity index (χ1n) is 5.27. The summed E-state index contributed by atoms with van der Waals surface area (Å²) in [6.45, 7) is 7.44. The minimum absolute atomic E-state index is 0.530. The molecule has 2 nitrogen and oxygen atoms in total. The average molecular weight is 187 g/mol. The van der Waals surface area contributed by atoms with E-state index in [9.17, 15) is 4.79 Å². The van der Waals surface area contributed by atoms with Gasteiger partial charge in [0.2, 0.25) is 0 Å². The van der Waals surface area contributed by atoms with Crippen molar-refractivity contribution in [3.05, 3.63) is 0 Å². The van der Waals surface area contributed by atoms with Crippen molar-refractivity contribution in [2.75, 3.05) is 13.6 Å². The van der Waals surface area contributed by atoms with Gasteiger partial charge in [0.25, 0.3) is 0 Å². The standard InChI is InChI=1S/C6H15N.C5H10O/c1-3-4-5-6-7-2;1-5(2)3-4-6/h7H,3-6H2,1-2H3;4-5H,3H2,1-2H3. The van der Waals surface area contributed by atoms with E-state index in [0.717, 1.165) is 6.29 Å². The first kappa shape index (κ1) is 15.1. The Morgan fingerprint density at radius 2 is 1.92 bits per heavy atom. The van der Waals surface area contributed by atoms with Crippen LogP contribution in [0.15, 0.2) is 0 Å². The molecule has 1 N–H and O–H groups in total. The molecule has 0 saturated heterocycles. The lowest BCUT2D eigenvalue weighted by Gasteiger charge is -1.93. The molecule has 0 spiro atoms. The van der Waals surface area contributed by atoms with Gasteiger partial charge in [-0.15, -0.1) is 0 Å². The number of rotatable bonds is 6. The first-order valence-corrected chi connectivity index (χ1v) is 5.27. The third-order valence-electron chi connectivity index (χ3n) is 1.60. The quantitative estimate of drug-likeness (QED) is 0.511. The van der Waals surface area contributed by atoms with E-state index in [0.29, 0.717) is 12.3 Å². The molecular weight excluding hydrogens is 162 g/mol. The van der Waals surface area contributed by atoms with Gasteiger partial charge in [0.1, 0.15) is 6.29 Å². The molecule has 0 amide bonds. The van der Waals surface area contributed by atoms with Crippen LogP contribution in [-0.4, -0.2) is 19.9 Å². The Morgan fingerprint density at radius 3 is 2.15 bits per heavy atom. The van der Waals surface area contributed by atoms with Crippen LogP contribution < -0.4 is 5.32 Å². The zero-order valence-corrected chi connectivity index (χ0v) is 9.60. The molecule has 0 unspecified atom stereocenters. The molecule has 0 heterocycles. The van der Waals surface area contributed by atoms with Crippen LogP contribution >= 0.6 is 0 Å². The number of carbonyl (C=O) groups excluding carboxylic acids is 1. The Balaban J connectivity index is 0. The van der Waals surface area contributed by atoms with E-state index in [1.807, 2.05) is 20.9 Å². The molecule has 0 aromatic rings. The lowest BCUT2D eigenvalue weighted by atomic mass is 10.2. The van der Waals surface area contributed by atoms with Crippen molar-refractivity contribution in [3.8, 4) is 0 Å². The van der Waals surface area contributed by atoms with E-state index >= 15 is 0 Å². The van der Waals surface area contributed by atoms with Gasteiger partial charge in [0, 0.05) is 6.42 Å². The summed E-state index contributed by atoms with van der Waals surface area (Å²) < 4.78 is 0. The predicted molar refractivity (Wildman–Crippen MR) is 59.0 cm³/mol. The van der Waals surface area contributed by atoms with Gasteiger partial charge in [-0.2, -0.15) is 0 Å². The summed E-state index contributed by atoms with van der Waals surface area (Å²) >= 11 is 0. The van der Waals surface area contributed by atoms with Crippen molar-refractivity contribution in [2.24, 2.45) is 5.92 Å². The largest absolute Gasteiger partial charge is 0.320 e. The van der Waals surface area contributed by atoms with Gasteiger partial charge in [-0.1, -0.05) is 33.6 Å². The number of hydrogen-bond acceptors (Lipinski definition) is 2. The molecule has 0 rings (SSSR count). The van der Waals surface area contributed by atoms with Crippen molar-refractivity contribution in [2.45, 2.75) is 46.5 Å². The van der Waals surface area contributed by atoms with Gasteiger partial charge >= 0.3 is 0 Å². The van der Waals surface area contributed by atoms with Crippen molar-refractivity contribution >= 4 is 6.29 Å². The highest BCUT2D eigenvalue weighted by Gasteiger charge is 1.85. The summed E-state index contributed by atoms with van der Waals surface area (Å²) in [7, 11) is 2.00. The Kier molecular flexibility index (Phi) is 16.5. The Bertz CT molecular complexity index is 88.1. The predicted octanol–water partition coefficient (Wildman–Crippen LogP) is 2.63. The number of nitrogens with one attached hydrogen (secondary N) is 1. The summed E-state index contributed by atoms with van der Waals surface area (Å²) in [6, 6.07) is 0. The van der Waals surface area contributed by atoms with Gasteiger partial charge in [0.15, 0.2) is 0 Å². The second kappa shape index (κ2) is 14.2. The Hall–Kier alpha value is -0.370. The van der Waals surface area contributed by atoms with Crippen LogP contribution in [-0.2, 0) is 4.79 Å². The fraction of sp³-hybridized carbons (Fsp3) is 0.909. The molecule has 13 heavy (non-hydrogen) atoms. The van der Waals surface area contributed by atoms with Gasteiger partial charge in [-0.05, 0) is 25.9 Å². The van der Waals surface area contributed by atoms with Crippen molar-refractivity contribution in [1.29, 1.82) is 0 Å². The molecule has 80 valence electrons. The highest BCUT2D eigenvalue weighted by atomic mass is 16.1. The van der Waals surface area contributed by atoms with E-state index in [2.05, 4.69) is 12.2 Å². The third-order valence-corrected chi connectivity index (χ3v) is 1.60. The molecule has 2 heteroatoms. The fourth-order valence-corrected chi connectivity index (χ4v) is 0.744. The number of aldehydes is 1. The van der Waals surface area contributed by atoms with Crippen LogP contribution in [0, 0.1) is 5.92 Å². The normalized spacial score (nSPS) is 9.31. The number of hydrogen-bond donors (Lipinski definition) is 1. The van der Waals surface area contributed by atoms with Crippen LogP contribution in [0.5, 0.6) is 0 Å². The lowest BCUT2D eigenvalue weighted by Crippen LogP contribution is -2.06. The lowest BCUT2D eigenvalue weighted by molar-refractivity contribution is -0.108. The highest BCUT2D eigenvalue weighted by Crippen LogP contribution is 1.92. The molecule has 0 aliphatic rings. The summed E-state index contributed by atoms with van der Waals surface area (Å²) in [4.78, 5) is 9.62. The molecule has 0 aromatic carbocycles. The van der Waals surface area contributed by atoms with Gasteiger partial charge in [0.05, 0.1) is 0 Å². The van der Waals surface area contributed by atoms with E-state index < -0.39 is 0 Å². The van der Waals surface area contributed by atoms with E-state index in [-0.39, 0.29) is 0 Å². The maximum atomic E-state index is 9.62. The van der Waals surface area contributed by atoms with Crippen LogP contribution in [0.1, 0.15) is 46.5 Å². The fourth-order valence-electron chi connectivity index (χ4n) is 0.744. The maximum absolute atomic E-state index is 9.62. The Labute approximate surface area is 83.1 Å². The van der Waals surface area contributed by atoms with E-state index in [1.165, 1.54) is 25.8 Å². The molecule has 0 aliphatic heterocycles. The molecular formula is C11H25NO. The van der Waals surface area contributed by atoms with Crippen LogP contribution in [0.25, 0.3) is 0 Å². The molecule has 0 bridgehead atoms. The van der Waals surface area contributed by atoms with Gasteiger partial charge in [-0.25, -0.2) is 0 Å². The molecule has 0 aromatic heterocycles. The summed E-state index contributed by atoms with van der Waals surface area (Å²) in [5.41, 5.74) is 0. The monoisotopic (exact) mass is 187 g/mol. The zero-order chi connectivity index (χ0) is 10.5. The van der Waals surface area contributed by atoms with Gasteiger partial charge in [-0.3, -0.25) is 0 Å². The smallest absolute Gasteiger partial charge is 0.120 e. The molecule has 0 radical (unpaired) electrons. The first-order chi connectivity index (χ1) is 6.18. The second-order valence-corrected chi connectivity index (χ2v) is 3.61. The van der Waals surface area contributed by atoms with E-state index in [1.54, 1.807) is 0 Å². The molecule has 0 atom stereocenters. The van der Waals surface area contributed by atoms with Crippen LogP contribution in [0.2, 0.25) is 0 Å². The van der Waals surface area contributed by atoms with E-state index in [4.69, 9.17) is 0 Å². The maximum Gasteiger partial charge on any atom is 0.120 e. The zero-order valence-electron chi connectivity index (χ0n) is 9.60. The second-order valence-electron chi connectivity index (χ2n) is 3.61. The SMILES string of the molecule is CC(C)CC=O.CCCCCNC. The minimum atomic E-state index is 0.530. The highest BCUT2D eigenvalue weighted by molar-refractivity contribution is 5.49. The van der Waals surface area contributed by atoms with Crippen molar-refractivity contribution < 1.29 is 4.79 Å². The van der Waals surface area contributed by atoms with Crippen LogP contribution in [0.3, 0.4) is 0 Å². The number of unbranched alkanes of at least 4 members (excludes halogenated alkanes) is 2. The van der Waals surface area contributed by atoms with Crippen molar-refractivity contribution in [1.82, 2.24) is 5.32 Å². The summed E-state index contributed by atoms with van der Waals surface area (Å²) in [5, 5.41) is 3.10. The van der Waals surface area contributed by atoms with Gasteiger partial charge < -0.3 is 10.1 Å². The topological polar surface area (TPSA) is 29.1 Å². The molecule has 0 aliphatic carbocycles. The van der Waals surface area contributed by atoms with Crippen LogP contribution in [0.4, 0.5) is 0 Å². The molecule has 0 fully saturated rings. The average Bonchev–Trinajstić information content (AvgIpc) is 2.06. The minimum Gasteiger partial charge on any atom is -0.320 e. The Morgan fingerprint density at radius 1 is 1.31 bits per heavy atom. The molecule has 0 saturated carbocycles. The summed E-state index contributed by atoms with van der Waals surface area (Å²) in [6.07, 6.45) is 5.65. The number of carbonyl (C=O) groups is 1. The van der Waals surface area contributed by atoms with Crippen molar-refractivity contribution in [3.63, 3.8) is 0 Å². The third kappa shape index (κ3) is 24.5.